The van der Waals surface area contributed by atoms with Crippen LogP contribution in [0.4, 0.5) is 0 Å². The summed E-state index contributed by atoms with van der Waals surface area (Å²) >= 11 is 0. The Morgan fingerprint density at radius 1 is 1.00 bits per heavy atom. The lowest BCUT2D eigenvalue weighted by atomic mass is 9.98. The molecule has 3 nitrogen and oxygen atoms in total. The Labute approximate surface area is 129 Å². The molecule has 0 unspecified atom stereocenters. The van der Waals surface area contributed by atoms with Gasteiger partial charge in [-0.3, -0.25) is 9.78 Å². The average molecular weight is 291 g/mol. The van der Waals surface area contributed by atoms with Crippen LogP contribution in [0.25, 0.3) is 10.8 Å². The van der Waals surface area contributed by atoms with Crippen molar-refractivity contribution in [2.24, 2.45) is 0 Å². The van der Waals surface area contributed by atoms with Crippen LogP contribution in [0.1, 0.15) is 27.2 Å². The maximum Gasteiger partial charge on any atom is 0.211 e. The summed E-state index contributed by atoms with van der Waals surface area (Å²) in [6.45, 7) is 4.11. The number of carbonyl (C=O) groups excluding carboxylic acids is 1. The van der Waals surface area contributed by atoms with Gasteiger partial charge >= 0.3 is 0 Å². The molecule has 0 aliphatic rings. The predicted octanol–water partition coefficient (Wildman–Crippen LogP) is 4.09. The van der Waals surface area contributed by atoms with Crippen molar-refractivity contribution in [3.8, 4) is 5.75 Å². The lowest BCUT2D eigenvalue weighted by Crippen LogP contribution is -2.05. The highest BCUT2D eigenvalue weighted by Crippen LogP contribution is 2.24. The Kier molecular flexibility index (Phi) is 3.63. The number of benzene rings is 2. The molecule has 1 heterocycles. The first-order chi connectivity index (χ1) is 10.6. The highest BCUT2D eigenvalue weighted by Gasteiger charge is 2.14. The van der Waals surface area contributed by atoms with Crippen molar-refractivity contribution in [1.82, 2.24) is 4.98 Å². The summed E-state index contributed by atoms with van der Waals surface area (Å²) in [6, 6.07) is 13.2. The Morgan fingerprint density at radius 2 is 1.68 bits per heavy atom. The van der Waals surface area contributed by atoms with Crippen LogP contribution in [-0.4, -0.2) is 17.9 Å². The Morgan fingerprint density at radius 3 is 2.36 bits per heavy atom. The van der Waals surface area contributed by atoms with Gasteiger partial charge in [0.05, 0.1) is 7.11 Å². The summed E-state index contributed by atoms with van der Waals surface area (Å²) < 4.78 is 5.13. The molecule has 0 spiro atoms. The highest BCUT2D eigenvalue weighted by atomic mass is 16.5. The number of pyridine rings is 1. The summed E-state index contributed by atoms with van der Waals surface area (Å²) in [6.07, 6.45) is 1.69. The predicted molar refractivity (Wildman–Crippen MR) is 87.6 cm³/mol. The van der Waals surface area contributed by atoms with Gasteiger partial charge in [-0.2, -0.15) is 0 Å². The summed E-state index contributed by atoms with van der Waals surface area (Å²) in [5.41, 5.74) is 3.47. The van der Waals surface area contributed by atoms with Gasteiger partial charge in [0.1, 0.15) is 11.4 Å². The van der Waals surface area contributed by atoms with Crippen LogP contribution in [-0.2, 0) is 0 Å². The van der Waals surface area contributed by atoms with Crippen LogP contribution in [0.5, 0.6) is 5.75 Å². The second kappa shape index (κ2) is 5.60. The first-order valence-corrected chi connectivity index (χ1v) is 7.15. The zero-order valence-corrected chi connectivity index (χ0v) is 12.9. The number of methoxy groups -OCH3 is 1. The van der Waals surface area contributed by atoms with E-state index < -0.39 is 0 Å². The van der Waals surface area contributed by atoms with Crippen molar-refractivity contribution < 1.29 is 9.53 Å². The van der Waals surface area contributed by atoms with E-state index >= 15 is 0 Å². The molecule has 0 saturated heterocycles. The van der Waals surface area contributed by atoms with Crippen molar-refractivity contribution in [2.75, 3.05) is 7.11 Å². The molecule has 0 fully saturated rings. The molecule has 0 saturated carbocycles. The molecule has 3 heteroatoms. The molecule has 3 aromatic rings. The van der Waals surface area contributed by atoms with Gasteiger partial charge in [0.2, 0.25) is 5.78 Å². The number of rotatable bonds is 3. The third-order valence-electron chi connectivity index (χ3n) is 3.95. The monoisotopic (exact) mass is 291 g/mol. The number of fused-ring (bicyclic) bond motifs is 1. The molecule has 0 bridgehead atoms. The van der Waals surface area contributed by atoms with Crippen LogP contribution < -0.4 is 4.74 Å². The van der Waals surface area contributed by atoms with E-state index in [-0.39, 0.29) is 5.78 Å². The summed E-state index contributed by atoms with van der Waals surface area (Å²) in [7, 11) is 1.61. The van der Waals surface area contributed by atoms with Gasteiger partial charge in [0, 0.05) is 17.1 Å². The minimum atomic E-state index is -0.0727. The molecule has 0 atom stereocenters. The molecular formula is C19H17NO2. The van der Waals surface area contributed by atoms with Crippen molar-refractivity contribution in [2.45, 2.75) is 13.8 Å². The second-order valence-electron chi connectivity index (χ2n) is 5.37. The van der Waals surface area contributed by atoms with Gasteiger partial charge in [-0.25, -0.2) is 0 Å². The summed E-state index contributed by atoms with van der Waals surface area (Å²) in [5, 5.41) is 1.93. The first kappa shape index (κ1) is 14.3. The maximum atomic E-state index is 12.8. The number of hydrogen-bond acceptors (Lipinski definition) is 3. The number of aryl methyl sites for hydroxylation is 2. The lowest BCUT2D eigenvalue weighted by molar-refractivity contribution is 0.103. The standard InChI is InChI=1S/C19H17NO2/c1-12-10-15-8-9-20-18(17(15)11-13(12)2)19(21)14-4-6-16(22-3)7-5-14/h4-11H,1-3H3. The number of hydrogen-bond donors (Lipinski definition) is 0. The molecule has 1 aromatic heterocycles. The summed E-state index contributed by atoms with van der Waals surface area (Å²) in [5.74, 6) is 0.658. The van der Waals surface area contributed by atoms with E-state index in [2.05, 4.69) is 18.0 Å². The van der Waals surface area contributed by atoms with Crippen LogP contribution >= 0.6 is 0 Å². The van der Waals surface area contributed by atoms with Crippen molar-refractivity contribution >= 4 is 16.6 Å². The minimum Gasteiger partial charge on any atom is -0.497 e. The van der Waals surface area contributed by atoms with E-state index in [1.54, 1.807) is 37.6 Å². The molecular weight excluding hydrogens is 274 g/mol. The SMILES string of the molecule is COc1ccc(C(=O)c2nccc3cc(C)c(C)cc23)cc1. The fourth-order valence-electron chi connectivity index (χ4n) is 2.50. The number of ketones is 1. The molecule has 0 radical (unpaired) electrons. The molecule has 0 amide bonds. The maximum absolute atomic E-state index is 12.8. The number of nitrogens with zero attached hydrogens (tertiary/aromatic N) is 1. The Balaban J connectivity index is 2.12. The molecule has 0 aliphatic heterocycles. The van der Waals surface area contributed by atoms with E-state index in [9.17, 15) is 4.79 Å². The van der Waals surface area contributed by atoms with Crippen molar-refractivity contribution in [3.63, 3.8) is 0 Å². The first-order valence-electron chi connectivity index (χ1n) is 7.15. The fraction of sp³-hybridized carbons (Fsp3) is 0.158. The van der Waals surface area contributed by atoms with Gasteiger partial charge in [-0.15, -0.1) is 0 Å². The third kappa shape index (κ3) is 2.46. The number of carbonyl (C=O) groups is 1. The van der Waals surface area contributed by atoms with Gasteiger partial charge in [-0.05, 0) is 66.8 Å². The third-order valence-corrected chi connectivity index (χ3v) is 3.95. The van der Waals surface area contributed by atoms with E-state index in [4.69, 9.17) is 4.74 Å². The Bertz CT molecular complexity index is 851. The Hall–Kier alpha value is -2.68. The average Bonchev–Trinajstić information content (AvgIpc) is 2.55. The largest absolute Gasteiger partial charge is 0.497 e. The summed E-state index contributed by atoms with van der Waals surface area (Å²) in [4.78, 5) is 17.1. The molecule has 2 aromatic carbocycles. The van der Waals surface area contributed by atoms with E-state index in [0.29, 0.717) is 11.3 Å². The van der Waals surface area contributed by atoms with Crippen LogP contribution in [0, 0.1) is 13.8 Å². The molecule has 3 rings (SSSR count). The minimum absolute atomic E-state index is 0.0727. The zero-order chi connectivity index (χ0) is 15.7. The van der Waals surface area contributed by atoms with Crippen LogP contribution in [0.3, 0.4) is 0 Å². The van der Waals surface area contributed by atoms with E-state index in [1.165, 1.54) is 5.56 Å². The van der Waals surface area contributed by atoms with E-state index in [1.807, 2.05) is 19.1 Å². The molecule has 22 heavy (non-hydrogen) atoms. The highest BCUT2D eigenvalue weighted by molar-refractivity contribution is 6.15. The van der Waals surface area contributed by atoms with Gasteiger partial charge in [0.15, 0.2) is 0 Å². The van der Waals surface area contributed by atoms with E-state index in [0.717, 1.165) is 22.1 Å². The quantitative estimate of drug-likeness (QED) is 0.682. The molecule has 0 aliphatic carbocycles. The van der Waals surface area contributed by atoms with Gasteiger partial charge in [0.25, 0.3) is 0 Å². The molecule has 110 valence electrons. The van der Waals surface area contributed by atoms with Gasteiger partial charge < -0.3 is 4.74 Å². The lowest BCUT2D eigenvalue weighted by Gasteiger charge is -2.08. The number of aromatic nitrogens is 1. The fourth-order valence-corrected chi connectivity index (χ4v) is 2.50. The topological polar surface area (TPSA) is 39.2 Å². The zero-order valence-electron chi connectivity index (χ0n) is 12.9. The number of ether oxygens (including phenoxy) is 1. The normalized spacial score (nSPS) is 10.7. The molecule has 0 N–H and O–H groups in total. The van der Waals surface area contributed by atoms with Crippen molar-refractivity contribution in [1.29, 1.82) is 0 Å². The second-order valence-corrected chi connectivity index (χ2v) is 5.37. The van der Waals surface area contributed by atoms with Crippen LogP contribution in [0.2, 0.25) is 0 Å². The van der Waals surface area contributed by atoms with Gasteiger partial charge in [-0.1, -0.05) is 6.07 Å². The smallest absolute Gasteiger partial charge is 0.211 e. The van der Waals surface area contributed by atoms with Crippen LogP contribution in [0.15, 0.2) is 48.7 Å². The van der Waals surface area contributed by atoms with Crippen molar-refractivity contribution in [3.05, 3.63) is 71.0 Å².